The summed E-state index contributed by atoms with van der Waals surface area (Å²) < 4.78 is 13.3. The Hall–Kier alpha value is -2.72. The van der Waals surface area contributed by atoms with Gasteiger partial charge in [0.1, 0.15) is 5.82 Å². The molecule has 1 aliphatic rings. The molecule has 0 amide bonds. The lowest BCUT2D eigenvalue weighted by Crippen LogP contribution is -2.36. The standard InChI is InChI=1S/C25H26FNO2/c1-16(20-8-4-6-17-5-2-3-7-21(17)20)27-24-14-13-22(23(24)15-25(28)29)18-9-11-19(26)12-10-18/h2-12,16,22-24,27H,13-15H2,1H3,(H,28,29). The third-order valence-electron chi connectivity index (χ3n) is 6.28. The van der Waals surface area contributed by atoms with Crippen molar-refractivity contribution >= 4 is 16.7 Å². The van der Waals surface area contributed by atoms with Crippen molar-refractivity contribution in [1.29, 1.82) is 0 Å². The van der Waals surface area contributed by atoms with E-state index in [0.29, 0.717) is 0 Å². The zero-order valence-corrected chi connectivity index (χ0v) is 16.5. The highest BCUT2D eigenvalue weighted by atomic mass is 19.1. The number of hydrogen-bond donors (Lipinski definition) is 2. The Morgan fingerprint density at radius 2 is 1.79 bits per heavy atom. The maximum Gasteiger partial charge on any atom is 0.303 e. The Labute approximate surface area is 170 Å². The fraction of sp³-hybridized carbons (Fsp3) is 0.320. The van der Waals surface area contributed by atoms with Gasteiger partial charge in [0.25, 0.3) is 0 Å². The molecular weight excluding hydrogens is 365 g/mol. The summed E-state index contributed by atoms with van der Waals surface area (Å²) >= 11 is 0. The number of carbonyl (C=O) groups is 1. The number of carboxylic acid groups (broad SMARTS) is 1. The summed E-state index contributed by atoms with van der Waals surface area (Å²) in [6, 6.07) is 21.4. The minimum atomic E-state index is -0.784. The van der Waals surface area contributed by atoms with E-state index in [2.05, 4.69) is 42.6 Å². The summed E-state index contributed by atoms with van der Waals surface area (Å²) in [4.78, 5) is 11.6. The second kappa shape index (κ2) is 8.34. The maximum absolute atomic E-state index is 13.3. The van der Waals surface area contributed by atoms with Crippen LogP contribution in [0.15, 0.2) is 66.7 Å². The monoisotopic (exact) mass is 391 g/mol. The summed E-state index contributed by atoms with van der Waals surface area (Å²) in [6.45, 7) is 2.14. The smallest absolute Gasteiger partial charge is 0.303 e. The van der Waals surface area contributed by atoms with Gasteiger partial charge in [-0.15, -0.1) is 0 Å². The van der Waals surface area contributed by atoms with Crippen LogP contribution in [0.2, 0.25) is 0 Å². The molecule has 0 bridgehead atoms. The summed E-state index contributed by atoms with van der Waals surface area (Å²) in [5, 5.41) is 15.6. The van der Waals surface area contributed by atoms with Gasteiger partial charge in [0.05, 0.1) is 6.42 Å². The number of hydrogen-bond acceptors (Lipinski definition) is 2. The molecule has 4 rings (SSSR count). The van der Waals surface area contributed by atoms with Gasteiger partial charge in [-0.05, 0) is 65.6 Å². The van der Waals surface area contributed by atoms with Gasteiger partial charge in [-0.3, -0.25) is 4.79 Å². The summed E-state index contributed by atoms with van der Waals surface area (Å²) in [6.07, 6.45) is 1.93. The molecule has 0 heterocycles. The third-order valence-corrected chi connectivity index (χ3v) is 6.28. The van der Waals surface area contributed by atoms with Gasteiger partial charge < -0.3 is 10.4 Å². The molecule has 3 aromatic rings. The van der Waals surface area contributed by atoms with Crippen LogP contribution in [0.5, 0.6) is 0 Å². The molecule has 29 heavy (non-hydrogen) atoms. The molecule has 0 saturated heterocycles. The average Bonchev–Trinajstić information content (AvgIpc) is 3.09. The number of fused-ring (bicyclic) bond motifs is 1. The fourth-order valence-electron chi connectivity index (χ4n) is 4.92. The van der Waals surface area contributed by atoms with E-state index < -0.39 is 5.97 Å². The number of halogens is 1. The van der Waals surface area contributed by atoms with Gasteiger partial charge in [-0.2, -0.15) is 0 Å². The van der Waals surface area contributed by atoms with Crippen LogP contribution in [-0.4, -0.2) is 17.1 Å². The Morgan fingerprint density at radius 3 is 2.55 bits per heavy atom. The van der Waals surface area contributed by atoms with E-state index in [4.69, 9.17) is 0 Å². The number of carboxylic acids is 1. The predicted octanol–water partition coefficient (Wildman–Crippen LogP) is 5.67. The molecule has 3 aromatic carbocycles. The lowest BCUT2D eigenvalue weighted by Gasteiger charge is -2.28. The zero-order chi connectivity index (χ0) is 20.4. The van der Waals surface area contributed by atoms with Crippen molar-refractivity contribution in [1.82, 2.24) is 5.32 Å². The fourth-order valence-corrected chi connectivity index (χ4v) is 4.92. The number of rotatable bonds is 6. The van der Waals surface area contributed by atoms with Gasteiger partial charge in [0, 0.05) is 12.1 Å². The van der Waals surface area contributed by atoms with Crippen LogP contribution < -0.4 is 5.32 Å². The van der Waals surface area contributed by atoms with Gasteiger partial charge >= 0.3 is 5.97 Å². The van der Waals surface area contributed by atoms with Crippen molar-refractivity contribution in [3.05, 3.63) is 83.7 Å². The Balaban J connectivity index is 1.58. The minimum absolute atomic E-state index is 0.0182. The maximum atomic E-state index is 13.3. The van der Waals surface area contributed by atoms with Gasteiger partial charge in [-0.25, -0.2) is 4.39 Å². The molecule has 4 unspecified atom stereocenters. The molecular formula is C25H26FNO2. The molecule has 1 fully saturated rings. The van der Waals surface area contributed by atoms with Gasteiger partial charge in [0.2, 0.25) is 0 Å². The normalized spacial score (nSPS) is 22.6. The van der Waals surface area contributed by atoms with Crippen LogP contribution in [0, 0.1) is 11.7 Å². The van der Waals surface area contributed by atoms with Crippen LogP contribution >= 0.6 is 0 Å². The van der Waals surface area contributed by atoms with Gasteiger partial charge in [-0.1, -0.05) is 54.6 Å². The number of nitrogens with one attached hydrogen (secondary N) is 1. The Kier molecular flexibility index (Phi) is 5.63. The van der Waals surface area contributed by atoms with E-state index in [1.165, 1.54) is 28.5 Å². The largest absolute Gasteiger partial charge is 0.481 e. The highest BCUT2D eigenvalue weighted by Gasteiger charge is 2.38. The summed E-state index contributed by atoms with van der Waals surface area (Å²) in [7, 11) is 0. The molecule has 150 valence electrons. The predicted molar refractivity (Wildman–Crippen MR) is 113 cm³/mol. The molecule has 1 aliphatic carbocycles. The third kappa shape index (κ3) is 4.18. The molecule has 2 N–H and O–H groups in total. The Bertz CT molecular complexity index is 996. The summed E-state index contributed by atoms with van der Waals surface area (Å²) in [5.41, 5.74) is 2.25. The summed E-state index contributed by atoms with van der Waals surface area (Å²) in [5.74, 6) is -0.936. The van der Waals surface area contributed by atoms with E-state index >= 15 is 0 Å². The van der Waals surface area contributed by atoms with Crippen LogP contribution in [-0.2, 0) is 4.79 Å². The highest BCUT2D eigenvalue weighted by molar-refractivity contribution is 5.86. The van der Waals surface area contributed by atoms with E-state index in [1.807, 2.05) is 12.1 Å². The van der Waals surface area contributed by atoms with Crippen LogP contribution in [0.3, 0.4) is 0 Å². The first-order valence-corrected chi connectivity index (χ1v) is 10.2. The van der Waals surface area contributed by atoms with Crippen molar-refractivity contribution < 1.29 is 14.3 Å². The van der Waals surface area contributed by atoms with Crippen LogP contribution in [0.4, 0.5) is 4.39 Å². The number of aliphatic carboxylic acids is 1. The van der Waals surface area contributed by atoms with Crippen LogP contribution in [0.1, 0.15) is 49.3 Å². The topological polar surface area (TPSA) is 49.3 Å². The lowest BCUT2D eigenvalue weighted by atomic mass is 9.84. The second-order valence-electron chi connectivity index (χ2n) is 8.06. The van der Waals surface area contributed by atoms with Crippen molar-refractivity contribution in [2.75, 3.05) is 0 Å². The van der Waals surface area contributed by atoms with Crippen molar-refractivity contribution in [3.63, 3.8) is 0 Å². The molecule has 0 radical (unpaired) electrons. The molecule has 0 spiro atoms. The van der Waals surface area contributed by atoms with Crippen LogP contribution in [0.25, 0.3) is 10.8 Å². The molecule has 0 aliphatic heterocycles. The van der Waals surface area contributed by atoms with E-state index in [9.17, 15) is 14.3 Å². The van der Waals surface area contributed by atoms with E-state index in [-0.39, 0.29) is 36.2 Å². The van der Waals surface area contributed by atoms with E-state index in [0.717, 1.165) is 18.4 Å². The lowest BCUT2D eigenvalue weighted by molar-refractivity contribution is -0.138. The average molecular weight is 391 g/mol. The minimum Gasteiger partial charge on any atom is -0.481 e. The molecule has 0 aromatic heterocycles. The quantitative estimate of drug-likeness (QED) is 0.569. The molecule has 1 saturated carbocycles. The molecule has 4 atom stereocenters. The van der Waals surface area contributed by atoms with Crippen molar-refractivity contribution in [2.45, 2.75) is 44.2 Å². The zero-order valence-electron chi connectivity index (χ0n) is 16.5. The first kappa shape index (κ1) is 19.6. The van der Waals surface area contributed by atoms with Crippen molar-refractivity contribution in [2.24, 2.45) is 5.92 Å². The second-order valence-corrected chi connectivity index (χ2v) is 8.06. The first-order valence-electron chi connectivity index (χ1n) is 10.2. The molecule has 3 nitrogen and oxygen atoms in total. The van der Waals surface area contributed by atoms with Crippen molar-refractivity contribution in [3.8, 4) is 0 Å². The van der Waals surface area contributed by atoms with Gasteiger partial charge in [0.15, 0.2) is 0 Å². The Morgan fingerprint density at radius 1 is 1.07 bits per heavy atom. The highest BCUT2D eigenvalue weighted by Crippen LogP contribution is 2.42. The SMILES string of the molecule is CC(NC1CCC(c2ccc(F)cc2)C1CC(=O)O)c1cccc2ccccc12. The first-order chi connectivity index (χ1) is 14.0. The number of benzene rings is 3. The molecule has 4 heteroatoms. The van der Waals surface area contributed by atoms with E-state index in [1.54, 1.807) is 12.1 Å².